The second kappa shape index (κ2) is 8.26. The molecule has 128 valence electrons. The SMILES string of the molecule is CCC(=O)N1CCC(NC(=O)c2cc(Cl)c(N)cc2OC)C1.Cl. The number of ether oxygens (including phenoxy) is 1. The lowest BCUT2D eigenvalue weighted by molar-refractivity contribution is -0.129. The van der Waals surface area contributed by atoms with E-state index in [0.29, 0.717) is 41.5 Å². The van der Waals surface area contributed by atoms with E-state index in [4.69, 9.17) is 22.1 Å². The van der Waals surface area contributed by atoms with Gasteiger partial charge in [0.2, 0.25) is 5.91 Å². The van der Waals surface area contributed by atoms with Crippen LogP contribution in [0.15, 0.2) is 12.1 Å². The number of rotatable bonds is 4. The number of nitrogen functional groups attached to an aromatic ring is 1. The van der Waals surface area contributed by atoms with Crippen molar-refractivity contribution in [1.29, 1.82) is 0 Å². The first-order valence-corrected chi connectivity index (χ1v) is 7.55. The fraction of sp³-hybridized carbons (Fsp3) is 0.467. The van der Waals surface area contributed by atoms with Crippen molar-refractivity contribution in [3.63, 3.8) is 0 Å². The summed E-state index contributed by atoms with van der Waals surface area (Å²) in [6.07, 6.45) is 1.21. The number of nitrogens with zero attached hydrogens (tertiary/aromatic N) is 1. The monoisotopic (exact) mass is 361 g/mol. The number of nitrogens with one attached hydrogen (secondary N) is 1. The number of carbonyl (C=O) groups excluding carboxylic acids is 2. The van der Waals surface area contributed by atoms with Crippen molar-refractivity contribution < 1.29 is 14.3 Å². The van der Waals surface area contributed by atoms with Gasteiger partial charge in [-0.15, -0.1) is 12.4 Å². The second-order valence-electron chi connectivity index (χ2n) is 5.23. The lowest BCUT2D eigenvalue weighted by atomic mass is 10.1. The zero-order valence-electron chi connectivity index (χ0n) is 13.1. The summed E-state index contributed by atoms with van der Waals surface area (Å²) < 4.78 is 5.18. The van der Waals surface area contributed by atoms with Gasteiger partial charge >= 0.3 is 0 Å². The lowest BCUT2D eigenvalue weighted by Gasteiger charge is -2.17. The van der Waals surface area contributed by atoms with Gasteiger partial charge in [-0.05, 0) is 12.5 Å². The molecule has 1 aromatic carbocycles. The quantitative estimate of drug-likeness (QED) is 0.804. The Morgan fingerprint density at radius 1 is 1.48 bits per heavy atom. The maximum absolute atomic E-state index is 12.4. The first-order valence-electron chi connectivity index (χ1n) is 7.17. The molecular formula is C15H21Cl2N3O3. The largest absolute Gasteiger partial charge is 0.496 e. The Morgan fingerprint density at radius 2 is 2.17 bits per heavy atom. The fourth-order valence-corrected chi connectivity index (χ4v) is 2.67. The number of amides is 2. The van der Waals surface area contributed by atoms with E-state index in [-0.39, 0.29) is 30.3 Å². The van der Waals surface area contributed by atoms with Gasteiger partial charge < -0.3 is 20.7 Å². The van der Waals surface area contributed by atoms with Crippen LogP contribution in [-0.4, -0.2) is 43.0 Å². The molecule has 0 aliphatic carbocycles. The third-order valence-electron chi connectivity index (χ3n) is 3.74. The van der Waals surface area contributed by atoms with Gasteiger partial charge in [0, 0.05) is 31.6 Å². The van der Waals surface area contributed by atoms with Gasteiger partial charge in [-0.2, -0.15) is 0 Å². The topological polar surface area (TPSA) is 84.7 Å². The molecule has 1 heterocycles. The Bertz CT molecular complexity index is 596. The molecule has 2 amide bonds. The minimum Gasteiger partial charge on any atom is -0.496 e. The number of likely N-dealkylation sites (tertiary alicyclic amines) is 1. The van der Waals surface area contributed by atoms with Crippen molar-refractivity contribution in [2.24, 2.45) is 0 Å². The van der Waals surface area contributed by atoms with Crippen molar-refractivity contribution >= 4 is 41.5 Å². The van der Waals surface area contributed by atoms with Gasteiger partial charge in [0.25, 0.3) is 5.91 Å². The molecule has 1 unspecified atom stereocenters. The highest BCUT2D eigenvalue weighted by molar-refractivity contribution is 6.33. The van der Waals surface area contributed by atoms with E-state index in [1.807, 2.05) is 6.92 Å². The number of benzene rings is 1. The number of hydrogen-bond donors (Lipinski definition) is 2. The molecule has 1 atom stereocenters. The Balaban J connectivity index is 0.00000264. The van der Waals surface area contributed by atoms with Crippen molar-refractivity contribution in [3.05, 3.63) is 22.7 Å². The van der Waals surface area contributed by atoms with Crippen LogP contribution in [0.1, 0.15) is 30.1 Å². The van der Waals surface area contributed by atoms with Gasteiger partial charge in [-0.1, -0.05) is 18.5 Å². The molecule has 1 fully saturated rings. The van der Waals surface area contributed by atoms with Crippen LogP contribution >= 0.6 is 24.0 Å². The Morgan fingerprint density at radius 3 is 2.78 bits per heavy atom. The molecule has 1 aliphatic rings. The molecule has 0 bridgehead atoms. The van der Waals surface area contributed by atoms with Crippen LogP contribution in [-0.2, 0) is 4.79 Å². The Kier molecular flexibility index (Phi) is 6.97. The van der Waals surface area contributed by atoms with E-state index in [9.17, 15) is 9.59 Å². The van der Waals surface area contributed by atoms with E-state index in [1.165, 1.54) is 19.2 Å². The highest BCUT2D eigenvalue weighted by Crippen LogP contribution is 2.29. The van der Waals surface area contributed by atoms with Crippen LogP contribution < -0.4 is 15.8 Å². The molecule has 3 N–H and O–H groups in total. The number of halogens is 2. The Labute approximate surface area is 146 Å². The first-order chi connectivity index (χ1) is 10.5. The zero-order chi connectivity index (χ0) is 16.3. The van der Waals surface area contributed by atoms with E-state index in [1.54, 1.807) is 4.90 Å². The highest BCUT2D eigenvalue weighted by atomic mass is 35.5. The molecule has 23 heavy (non-hydrogen) atoms. The molecule has 0 aromatic heterocycles. The number of methoxy groups -OCH3 is 1. The number of nitrogens with two attached hydrogens (primary N) is 1. The van der Waals surface area contributed by atoms with Crippen molar-refractivity contribution in [3.8, 4) is 5.75 Å². The third kappa shape index (κ3) is 4.42. The lowest BCUT2D eigenvalue weighted by Crippen LogP contribution is -2.38. The third-order valence-corrected chi connectivity index (χ3v) is 4.07. The number of carbonyl (C=O) groups is 2. The summed E-state index contributed by atoms with van der Waals surface area (Å²) in [5.74, 6) is 0.193. The summed E-state index contributed by atoms with van der Waals surface area (Å²) in [6.45, 7) is 3.02. The standard InChI is InChI=1S/C15H20ClN3O3.ClH/c1-3-14(20)19-5-4-9(8-19)18-15(21)10-6-11(16)12(17)7-13(10)22-2;/h6-7,9H,3-5,8,17H2,1-2H3,(H,18,21);1H. The first kappa shape index (κ1) is 19.4. The van der Waals surface area contributed by atoms with Crippen molar-refractivity contribution in [2.75, 3.05) is 25.9 Å². The molecule has 0 spiro atoms. The molecule has 8 heteroatoms. The summed E-state index contributed by atoms with van der Waals surface area (Å²) in [6, 6.07) is 2.96. The molecule has 0 radical (unpaired) electrons. The van der Waals surface area contributed by atoms with Crippen molar-refractivity contribution in [1.82, 2.24) is 10.2 Å². The molecule has 2 rings (SSSR count). The summed E-state index contributed by atoms with van der Waals surface area (Å²) >= 11 is 5.97. The molecule has 0 saturated carbocycles. The predicted octanol–water partition coefficient (Wildman–Crippen LogP) is 2.09. The minimum absolute atomic E-state index is 0. The summed E-state index contributed by atoms with van der Waals surface area (Å²) in [7, 11) is 1.47. The average Bonchev–Trinajstić information content (AvgIpc) is 2.97. The fourth-order valence-electron chi connectivity index (χ4n) is 2.51. The van der Waals surface area contributed by atoms with Crippen molar-refractivity contribution in [2.45, 2.75) is 25.8 Å². The van der Waals surface area contributed by atoms with Crippen LogP contribution in [0.3, 0.4) is 0 Å². The van der Waals surface area contributed by atoms with E-state index in [2.05, 4.69) is 5.32 Å². The maximum atomic E-state index is 12.4. The second-order valence-corrected chi connectivity index (χ2v) is 5.63. The molecule has 1 saturated heterocycles. The molecule has 1 aromatic rings. The van der Waals surface area contributed by atoms with E-state index >= 15 is 0 Å². The maximum Gasteiger partial charge on any atom is 0.255 e. The number of hydrogen-bond acceptors (Lipinski definition) is 4. The van der Waals surface area contributed by atoms with E-state index < -0.39 is 0 Å². The Hall–Kier alpha value is -1.66. The normalized spacial score (nSPS) is 16.7. The van der Waals surface area contributed by atoms with Crippen LogP contribution in [0.4, 0.5) is 5.69 Å². The summed E-state index contributed by atoms with van der Waals surface area (Å²) in [5.41, 5.74) is 6.40. The van der Waals surface area contributed by atoms with Crippen LogP contribution in [0.25, 0.3) is 0 Å². The minimum atomic E-state index is -0.283. The summed E-state index contributed by atoms with van der Waals surface area (Å²) in [4.78, 5) is 25.8. The predicted molar refractivity (Wildman–Crippen MR) is 92.4 cm³/mol. The van der Waals surface area contributed by atoms with Crippen LogP contribution in [0.2, 0.25) is 5.02 Å². The smallest absolute Gasteiger partial charge is 0.255 e. The molecule has 6 nitrogen and oxygen atoms in total. The van der Waals surface area contributed by atoms with E-state index in [0.717, 1.165) is 6.42 Å². The average molecular weight is 362 g/mol. The highest BCUT2D eigenvalue weighted by Gasteiger charge is 2.27. The summed E-state index contributed by atoms with van der Waals surface area (Å²) in [5, 5.41) is 3.22. The van der Waals surface area contributed by atoms with Crippen LogP contribution in [0.5, 0.6) is 5.75 Å². The zero-order valence-corrected chi connectivity index (χ0v) is 14.7. The molecular weight excluding hydrogens is 341 g/mol. The number of anilines is 1. The van der Waals surface area contributed by atoms with Gasteiger partial charge in [0.1, 0.15) is 5.75 Å². The van der Waals surface area contributed by atoms with Crippen LogP contribution in [0, 0.1) is 0 Å². The van der Waals surface area contributed by atoms with Gasteiger partial charge in [0.15, 0.2) is 0 Å². The van der Waals surface area contributed by atoms with Gasteiger partial charge in [0.05, 0.1) is 23.4 Å². The van der Waals surface area contributed by atoms with Gasteiger partial charge in [-0.25, -0.2) is 0 Å². The molecule has 1 aliphatic heterocycles. The van der Waals surface area contributed by atoms with Gasteiger partial charge in [-0.3, -0.25) is 9.59 Å².